The number of anilines is 1. The highest BCUT2D eigenvalue weighted by atomic mass is 16.2. The average Bonchev–Trinajstić information content (AvgIpc) is 3.04. The van der Waals surface area contributed by atoms with E-state index in [0.717, 1.165) is 42.0 Å². The molecule has 3 rings (SSSR count). The van der Waals surface area contributed by atoms with Gasteiger partial charge in [-0.15, -0.1) is 0 Å². The van der Waals surface area contributed by atoms with Crippen LogP contribution in [-0.2, 0) is 4.79 Å². The Morgan fingerprint density at radius 3 is 2.62 bits per heavy atom. The van der Waals surface area contributed by atoms with Crippen molar-refractivity contribution >= 4 is 11.9 Å². The number of rotatable bonds is 3. The molecule has 0 radical (unpaired) electrons. The third-order valence-electron chi connectivity index (χ3n) is 4.39. The van der Waals surface area contributed by atoms with E-state index < -0.39 is 0 Å². The summed E-state index contributed by atoms with van der Waals surface area (Å²) in [6.07, 6.45) is 4.40. The van der Waals surface area contributed by atoms with Crippen LogP contribution in [0.1, 0.15) is 37.6 Å². The molecule has 1 atom stereocenters. The number of carbonyl (C=O) groups is 1. The Morgan fingerprint density at radius 1 is 1.25 bits per heavy atom. The number of carbonyl (C=O) groups excluding carboxylic acids is 1. The van der Waals surface area contributed by atoms with Gasteiger partial charge in [-0.2, -0.15) is 0 Å². The van der Waals surface area contributed by atoms with Crippen LogP contribution in [-0.4, -0.2) is 38.8 Å². The molecular formula is C18H23N5O. The second-order valence-corrected chi connectivity index (χ2v) is 6.68. The van der Waals surface area contributed by atoms with E-state index in [1.54, 1.807) is 12.4 Å². The molecule has 0 bridgehead atoms. The summed E-state index contributed by atoms with van der Waals surface area (Å²) in [5.74, 6) is 0.804. The number of nitrogen functional groups attached to an aromatic ring is 1. The standard InChI is InChI=1S/C18H23N5O/c1-11(2)17(24)23-5-4-13(10-23)16-7-14(6-12(3)22-16)15-8-20-18(19)21-9-15/h6-9,11,13H,4-5,10H2,1-3H3,(H2,19,20,21). The second kappa shape index (κ2) is 6.55. The van der Waals surface area contributed by atoms with Gasteiger partial charge < -0.3 is 10.6 Å². The molecule has 2 aromatic rings. The maximum absolute atomic E-state index is 12.2. The van der Waals surface area contributed by atoms with E-state index in [-0.39, 0.29) is 23.7 Å². The van der Waals surface area contributed by atoms with E-state index in [1.165, 1.54) is 0 Å². The van der Waals surface area contributed by atoms with Crippen LogP contribution in [0.2, 0.25) is 0 Å². The number of nitrogens with two attached hydrogens (primary N) is 1. The first-order valence-corrected chi connectivity index (χ1v) is 8.29. The summed E-state index contributed by atoms with van der Waals surface area (Å²) in [4.78, 5) is 27.0. The molecule has 126 valence electrons. The lowest BCUT2D eigenvalue weighted by Gasteiger charge is -2.19. The van der Waals surface area contributed by atoms with Gasteiger partial charge in [0.25, 0.3) is 0 Å². The monoisotopic (exact) mass is 325 g/mol. The van der Waals surface area contributed by atoms with E-state index in [2.05, 4.69) is 16.0 Å². The van der Waals surface area contributed by atoms with Crippen LogP contribution in [0.5, 0.6) is 0 Å². The van der Waals surface area contributed by atoms with Crippen LogP contribution in [0.25, 0.3) is 11.1 Å². The molecule has 1 aliphatic heterocycles. The summed E-state index contributed by atoms with van der Waals surface area (Å²) in [5, 5.41) is 0. The van der Waals surface area contributed by atoms with Crippen molar-refractivity contribution in [1.29, 1.82) is 0 Å². The highest BCUT2D eigenvalue weighted by Crippen LogP contribution is 2.30. The zero-order valence-electron chi connectivity index (χ0n) is 14.4. The third-order valence-corrected chi connectivity index (χ3v) is 4.39. The average molecular weight is 325 g/mol. The Balaban J connectivity index is 1.85. The summed E-state index contributed by atoms with van der Waals surface area (Å²) in [6, 6.07) is 4.10. The van der Waals surface area contributed by atoms with Crippen molar-refractivity contribution < 1.29 is 4.79 Å². The minimum atomic E-state index is 0.0386. The fourth-order valence-electron chi connectivity index (χ4n) is 3.12. The number of nitrogens with zero attached hydrogens (tertiary/aromatic N) is 4. The third kappa shape index (κ3) is 3.37. The van der Waals surface area contributed by atoms with Gasteiger partial charge in [0.05, 0.1) is 0 Å². The molecule has 0 saturated carbocycles. The van der Waals surface area contributed by atoms with Crippen molar-refractivity contribution in [2.45, 2.75) is 33.1 Å². The van der Waals surface area contributed by atoms with Gasteiger partial charge in [-0.3, -0.25) is 9.78 Å². The number of hydrogen-bond acceptors (Lipinski definition) is 5. The quantitative estimate of drug-likeness (QED) is 0.936. The van der Waals surface area contributed by atoms with Gasteiger partial charge >= 0.3 is 0 Å². The molecule has 0 aliphatic carbocycles. The first kappa shape index (κ1) is 16.4. The van der Waals surface area contributed by atoms with Crippen LogP contribution >= 0.6 is 0 Å². The normalized spacial score (nSPS) is 17.5. The molecule has 1 unspecified atom stereocenters. The SMILES string of the molecule is Cc1cc(-c2cnc(N)nc2)cc(C2CCN(C(=O)C(C)C)C2)n1. The zero-order valence-corrected chi connectivity index (χ0v) is 14.4. The first-order chi connectivity index (χ1) is 11.4. The van der Waals surface area contributed by atoms with Crippen molar-refractivity contribution in [1.82, 2.24) is 19.9 Å². The summed E-state index contributed by atoms with van der Waals surface area (Å²) in [5.41, 5.74) is 9.49. The minimum Gasteiger partial charge on any atom is -0.368 e. The van der Waals surface area contributed by atoms with Crippen molar-refractivity contribution in [2.24, 2.45) is 5.92 Å². The summed E-state index contributed by atoms with van der Waals surface area (Å²) >= 11 is 0. The lowest BCUT2D eigenvalue weighted by atomic mass is 10.00. The first-order valence-electron chi connectivity index (χ1n) is 8.29. The van der Waals surface area contributed by atoms with Crippen LogP contribution < -0.4 is 5.73 Å². The highest BCUT2D eigenvalue weighted by molar-refractivity contribution is 5.78. The Bertz CT molecular complexity index is 742. The van der Waals surface area contributed by atoms with Crippen LogP contribution in [0.4, 0.5) is 5.95 Å². The molecule has 3 heterocycles. The van der Waals surface area contributed by atoms with Gasteiger partial charge in [-0.05, 0) is 31.0 Å². The van der Waals surface area contributed by atoms with Crippen molar-refractivity contribution in [3.8, 4) is 11.1 Å². The lowest BCUT2D eigenvalue weighted by molar-refractivity contribution is -0.133. The van der Waals surface area contributed by atoms with E-state index >= 15 is 0 Å². The van der Waals surface area contributed by atoms with Gasteiger partial charge in [0.15, 0.2) is 0 Å². The second-order valence-electron chi connectivity index (χ2n) is 6.68. The number of pyridine rings is 1. The molecule has 1 fully saturated rings. The Kier molecular flexibility index (Phi) is 4.46. The maximum atomic E-state index is 12.2. The molecule has 1 amide bonds. The lowest BCUT2D eigenvalue weighted by Crippen LogP contribution is -2.32. The van der Waals surface area contributed by atoms with Crippen molar-refractivity contribution in [3.63, 3.8) is 0 Å². The van der Waals surface area contributed by atoms with Crippen LogP contribution in [0.15, 0.2) is 24.5 Å². The van der Waals surface area contributed by atoms with Crippen molar-refractivity contribution in [3.05, 3.63) is 35.9 Å². The number of aromatic nitrogens is 3. The Hall–Kier alpha value is -2.50. The number of amides is 1. The molecule has 0 spiro atoms. The predicted molar refractivity (Wildman–Crippen MR) is 93.2 cm³/mol. The maximum Gasteiger partial charge on any atom is 0.225 e. The Morgan fingerprint density at radius 2 is 1.96 bits per heavy atom. The molecule has 2 N–H and O–H groups in total. The van der Waals surface area contributed by atoms with Gasteiger partial charge in [-0.25, -0.2) is 9.97 Å². The number of aryl methyl sites for hydroxylation is 1. The summed E-state index contributed by atoms with van der Waals surface area (Å²) < 4.78 is 0. The zero-order chi connectivity index (χ0) is 17.3. The molecule has 1 aliphatic rings. The molecular weight excluding hydrogens is 302 g/mol. The summed E-state index contributed by atoms with van der Waals surface area (Å²) in [7, 11) is 0. The molecule has 6 nitrogen and oxygen atoms in total. The number of likely N-dealkylation sites (tertiary alicyclic amines) is 1. The van der Waals surface area contributed by atoms with Gasteiger partial charge in [0, 0.05) is 54.3 Å². The molecule has 6 heteroatoms. The largest absolute Gasteiger partial charge is 0.368 e. The predicted octanol–water partition coefficient (Wildman–Crippen LogP) is 2.40. The van der Waals surface area contributed by atoms with E-state index in [9.17, 15) is 4.79 Å². The molecule has 0 aromatic carbocycles. The van der Waals surface area contributed by atoms with E-state index in [4.69, 9.17) is 10.7 Å². The fourth-order valence-corrected chi connectivity index (χ4v) is 3.12. The van der Waals surface area contributed by atoms with Crippen molar-refractivity contribution in [2.75, 3.05) is 18.8 Å². The molecule has 2 aromatic heterocycles. The summed E-state index contributed by atoms with van der Waals surface area (Å²) in [6.45, 7) is 7.42. The van der Waals surface area contributed by atoms with E-state index in [0.29, 0.717) is 0 Å². The van der Waals surface area contributed by atoms with E-state index in [1.807, 2.05) is 31.7 Å². The number of hydrogen-bond donors (Lipinski definition) is 1. The van der Waals surface area contributed by atoms with Crippen LogP contribution in [0, 0.1) is 12.8 Å². The topological polar surface area (TPSA) is 85.0 Å². The molecule has 24 heavy (non-hydrogen) atoms. The van der Waals surface area contributed by atoms with Crippen LogP contribution in [0.3, 0.4) is 0 Å². The van der Waals surface area contributed by atoms with Gasteiger partial charge in [-0.1, -0.05) is 13.8 Å². The van der Waals surface area contributed by atoms with Gasteiger partial charge in [0.1, 0.15) is 0 Å². The smallest absolute Gasteiger partial charge is 0.225 e. The van der Waals surface area contributed by atoms with Gasteiger partial charge in [0.2, 0.25) is 11.9 Å². The minimum absolute atomic E-state index is 0.0386. The highest BCUT2D eigenvalue weighted by Gasteiger charge is 2.29. The fraction of sp³-hybridized carbons (Fsp3) is 0.444. The Labute approximate surface area is 142 Å². The molecule has 1 saturated heterocycles.